The summed E-state index contributed by atoms with van der Waals surface area (Å²) in [4.78, 5) is 3.50. The summed E-state index contributed by atoms with van der Waals surface area (Å²) in [7, 11) is 0. The molecule has 0 amide bonds. The summed E-state index contributed by atoms with van der Waals surface area (Å²) in [5, 5.41) is 0. The molecule has 0 saturated heterocycles. The highest BCUT2D eigenvalue weighted by molar-refractivity contribution is 5.75. The molecule has 0 saturated carbocycles. The first kappa shape index (κ1) is 12.3. The fourth-order valence-corrected chi connectivity index (χ4v) is 1.03. The molecule has 3 nitrogen and oxygen atoms in total. The third-order valence-corrected chi connectivity index (χ3v) is 1.81. The van der Waals surface area contributed by atoms with Crippen LogP contribution >= 0.6 is 0 Å². The number of nitrogens with zero attached hydrogens (tertiary/aromatic N) is 1. The zero-order valence-electron chi connectivity index (χ0n) is 8.05. The van der Waals surface area contributed by atoms with Crippen molar-refractivity contribution in [3.05, 3.63) is 35.1 Å². The minimum atomic E-state index is -4.56. The van der Waals surface area contributed by atoms with Crippen LogP contribution in [0.1, 0.15) is 11.1 Å². The standard InChI is InChI=1S/C9H9F4N3/c10-7-3-6(9(11,12)13)2-1-5(7)4-16-8(14)15/h1-3H,4H2,(H4,14,15,16). The number of aliphatic imine (C=N–C) groups is 1. The summed E-state index contributed by atoms with van der Waals surface area (Å²) < 4.78 is 49.7. The molecule has 88 valence electrons. The summed E-state index contributed by atoms with van der Waals surface area (Å²) in [6.45, 7) is -0.188. The number of halogens is 4. The topological polar surface area (TPSA) is 64.4 Å². The van der Waals surface area contributed by atoms with E-state index in [0.29, 0.717) is 6.07 Å². The lowest BCUT2D eigenvalue weighted by molar-refractivity contribution is -0.137. The van der Waals surface area contributed by atoms with Gasteiger partial charge in [0.2, 0.25) is 0 Å². The third-order valence-electron chi connectivity index (χ3n) is 1.81. The second kappa shape index (κ2) is 4.38. The SMILES string of the molecule is NC(N)=NCc1ccc(C(F)(F)F)cc1F. The van der Waals surface area contributed by atoms with Crippen LogP contribution in [0.5, 0.6) is 0 Å². The first-order valence-electron chi connectivity index (χ1n) is 4.21. The van der Waals surface area contributed by atoms with Gasteiger partial charge in [0, 0.05) is 5.56 Å². The van der Waals surface area contributed by atoms with Crippen LogP contribution in [0, 0.1) is 5.82 Å². The van der Waals surface area contributed by atoms with E-state index in [1.54, 1.807) is 0 Å². The van der Waals surface area contributed by atoms with E-state index in [-0.39, 0.29) is 18.1 Å². The van der Waals surface area contributed by atoms with Crippen molar-refractivity contribution in [3.63, 3.8) is 0 Å². The molecule has 0 radical (unpaired) electrons. The zero-order valence-corrected chi connectivity index (χ0v) is 8.05. The predicted molar refractivity (Wildman–Crippen MR) is 50.9 cm³/mol. The molecule has 16 heavy (non-hydrogen) atoms. The van der Waals surface area contributed by atoms with Crippen LogP contribution in [0.3, 0.4) is 0 Å². The third kappa shape index (κ3) is 3.11. The van der Waals surface area contributed by atoms with Crippen LogP contribution in [0.15, 0.2) is 23.2 Å². The van der Waals surface area contributed by atoms with E-state index < -0.39 is 17.6 Å². The van der Waals surface area contributed by atoms with Crippen molar-refractivity contribution in [3.8, 4) is 0 Å². The Balaban J connectivity index is 2.97. The minimum absolute atomic E-state index is 0.00130. The lowest BCUT2D eigenvalue weighted by atomic mass is 10.1. The van der Waals surface area contributed by atoms with Gasteiger partial charge in [-0.1, -0.05) is 6.07 Å². The number of nitrogens with two attached hydrogens (primary N) is 2. The number of rotatable bonds is 2. The molecule has 0 spiro atoms. The van der Waals surface area contributed by atoms with Gasteiger partial charge in [-0.05, 0) is 12.1 Å². The molecule has 0 aliphatic carbocycles. The van der Waals surface area contributed by atoms with E-state index in [1.165, 1.54) is 0 Å². The van der Waals surface area contributed by atoms with Crippen LogP contribution in [-0.4, -0.2) is 5.96 Å². The van der Waals surface area contributed by atoms with Crippen molar-refractivity contribution in [2.45, 2.75) is 12.7 Å². The van der Waals surface area contributed by atoms with Crippen LogP contribution in [0.2, 0.25) is 0 Å². The molecule has 0 aliphatic heterocycles. The molecule has 0 fully saturated rings. The van der Waals surface area contributed by atoms with Crippen molar-refractivity contribution >= 4 is 5.96 Å². The van der Waals surface area contributed by atoms with Gasteiger partial charge in [-0.15, -0.1) is 0 Å². The summed E-state index contributed by atoms with van der Waals surface area (Å²) in [6, 6.07) is 2.20. The van der Waals surface area contributed by atoms with Gasteiger partial charge in [0.1, 0.15) is 5.82 Å². The molecular weight excluding hydrogens is 226 g/mol. The van der Waals surface area contributed by atoms with Gasteiger partial charge in [-0.25, -0.2) is 9.38 Å². The number of guanidine groups is 1. The Morgan fingerprint density at radius 1 is 1.25 bits per heavy atom. The summed E-state index contributed by atoms with van der Waals surface area (Å²) >= 11 is 0. The first-order valence-corrected chi connectivity index (χ1v) is 4.21. The molecule has 0 unspecified atom stereocenters. The molecule has 0 bridgehead atoms. The smallest absolute Gasteiger partial charge is 0.370 e. The Labute approximate surface area is 88.8 Å². The maximum Gasteiger partial charge on any atom is 0.416 e. The predicted octanol–water partition coefficient (Wildman–Crippen LogP) is 1.62. The number of hydrogen-bond acceptors (Lipinski definition) is 1. The maximum atomic E-state index is 13.2. The molecular formula is C9H9F4N3. The van der Waals surface area contributed by atoms with E-state index in [9.17, 15) is 17.6 Å². The highest BCUT2D eigenvalue weighted by atomic mass is 19.4. The van der Waals surface area contributed by atoms with Crippen molar-refractivity contribution in [2.24, 2.45) is 16.5 Å². The van der Waals surface area contributed by atoms with E-state index in [4.69, 9.17) is 11.5 Å². The van der Waals surface area contributed by atoms with E-state index >= 15 is 0 Å². The largest absolute Gasteiger partial charge is 0.416 e. The highest BCUT2D eigenvalue weighted by Crippen LogP contribution is 2.30. The molecule has 0 aromatic heterocycles. The summed E-state index contributed by atoms with van der Waals surface area (Å²) in [5.41, 5.74) is 8.99. The number of hydrogen-bond donors (Lipinski definition) is 2. The van der Waals surface area contributed by atoms with Crippen molar-refractivity contribution < 1.29 is 17.6 Å². The van der Waals surface area contributed by atoms with Crippen molar-refractivity contribution in [2.75, 3.05) is 0 Å². The monoisotopic (exact) mass is 235 g/mol. The number of benzene rings is 1. The number of alkyl halides is 3. The average molecular weight is 235 g/mol. The fraction of sp³-hybridized carbons (Fsp3) is 0.222. The summed E-state index contributed by atoms with van der Waals surface area (Å²) in [6.07, 6.45) is -4.56. The Kier molecular flexibility index (Phi) is 3.36. The van der Waals surface area contributed by atoms with Gasteiger partial charge in [0.15, 0.2) is 5.96 Å². The van der Waals surface area contributed by atoms with E-state index in [1.807, 2.05) is 0 Å². The Bertz CT molecular complexity index is 408. The Morgan fingerprint density at radius 3 is 2.31 bits per heavy atom. The van der Waals surface area contributed by atoms with Gasteiger partial charge in [-0.3, -0.25) is 0 Å². The Morgan fingerprint density at radius 2 is 1.88 bits per heavy atom. The molecule has 1 aromatic carbocycles. The van der Waals surface area contributed by atoms with Gasteiger partial charge in [0.25, 0.3) is 0 Å². The van der Waals surface area contributed by atoms with Crippen molar-refractivity contribution in [1.29, 1.82) is 0 Å². The molecule has 0 atom stereocenters. The highest BCUT2D eigenvalue weighted by Gasteiger charge is 2.31. The second-order valence-electron chi connectivity index (χ2n) is 3.05. The quantitative estimate of drug-likeness (QED) is 0.464. The average Bonchev–Trinajstić information content (AvgIpc) is 2.14. The van der Waals surface area contributed by atoms with Gasteiger partial charge < -0.3 is 11.5 Å². The van der Waals surface area contributed by atoms with Crippen LogP contribution in [0.25, 0.3) is 0 Å². The normalized spacial score (nSPS) is 11.2. The zero-order chi connectivity index (χ0) is 12.3. The van der Waals surface area contributed by atoms with E-state index in [0.717, 1.165) is 12.1 Å². The molecule has 0 heterocycles. The molecule has 0 aliphatic rings. The second-order valence-corrected chi connectivity index (χ2v) is 3.05. The fourth-order valence-electron chi connectivity index (χ4n) is 1.03. The lowest BCUT2D eigenvalue weighted by Gasteiger charge is -2.07. The van der Waals surface area contributed by atoms with Crippen LogP contribution < -0.4 is 11.5 Å². The van der Waals surface area contributed by atoms with Crippen LogP contribution in [0.4, 0.5) is 17.6 Å². The molecule has 4 N–H and O–H groups in total. The van der Waals surface area contributed by atoms with Crippen LogP contribution in [-0.2, 0) is 12.7 Å². The summed E-state index contributed by atoms with van der Waals surface area (Å²) in [5.74, 6) is -1.24. The van der Waals surface area contributed by atoms with Gasteiger partial charge >= 0.3 is 6.18 Å². The molecule has 7 heteroatoms. The molecule has 1 rings (SSSR count). The van der Waals surface area contributed by atoms with Gasteiger partial charge in [0.05, 0.1) is 12.1 Å². The Hall–Kier alpha value is -1.79. The van der Waals surface area contributed by atoms with Crippen molar-refractivity contribution in [1.82, 2.24) is 0 Å². The lowest BCUT2D eigenvalue weighted by Crippen LogP contribution is -2.22. The maximum absolute atomic E-state index is 13.2. The first-order chi connectivity index (χ1) is 7.30. The molecule has 1 aromatic rings. The van der Waals surface area contributed by atoms with Gasteiger partial charge in [-0.2, -0.15) is 13.2 Å². The van der Waals surface area contributed by atoms with E-state index in [2.05, 4.69) is 4.99 Å². The minimum Gasteiger partial charge on any atom is -0.370 e.